The molecule has 2 amide bonds. The highest BCUT2D eigenvalue weighted by molar-refractivity contribution is 9.10. The molecule has 0 fully saturated rings. The van der Waals surface area contributed by atoms with Crippen molar-refractivity contribution in [1.29, 1.82) is 0 Å². The summed E-state index contributed by atoms with van der Waals surface area (Å²) in [6, 6.07) is 7.32. The summed E-state index contributed by atoms with van der Waals surface area (Å²) >= 11 is 3.40. The zero-order chi connectivity index (χ0) is 9.84. The summed E-state index contributed by atoms with van der Waals surface area (Å²) in [5, 5.41) is 0. The molecule has 0 saturated carbocycles. The smallest absolute Gasteiger partial charge is 0.314 e. The Morgan fingerprint density at radius 3 is 2.69 bits per heavy atom. The van der Waals surface area contributed by atoms with Gasteiger partial charge >= 0.3 is 6.03 Å². The number of halogens is 1. The minimum atomic E-state index is -0.421. The standard InChI is InChI=1S/C9H11BrN2O/c1-12(9(11)13)6-7-4-2-3-5-8(7)10/h2-5H,6H2,1H3,(H2,11,13). The summed E-state index contributed by atoms with van der Waals surface area (Å²) in [6.07, 6.45) is 0. The molecule has 0 unspecified atom stereocenters. The molecule has 3 nitrogen and oxygen atoms in total. The van der Waals surface area contributed by atoms with E-state index in [1.807, 2.05) is 24.3 Å². The predicted molar refractivity (Wildman–Crippen MR) is 55.2 cm³/mol. The Morgan fingerprint density at radius 2 is 2.15 bits per heavy atom. The first-order valence-electron chi connectivity index (χ1n) is 3.85. The molecule has 70 valence electrons. The fraction of sp³-hybridized carbons (Fsp3) is 0.222. The molecule has 0 bridgehead atoms. The van der Waals surface area contributed by atoms with Gasteiger partial charge in [0.15, 0.2) is 0 Å². The average Bonchev–Trinajstić information content (AvgIpc) is 2.08. The van der Waals surface area contributed by atoms with Gasteiger partial charge in [-0.05, 0) is 11.6 Å². The SMILES string of the molecule is CN(Cc1ccccc1Br)C(N)=O. The first kappa shape index (κ1) is 10.1. The maximum absolute atomic E-state index is 10.7. The summed E-state index contributed by atoms with van der Waals surface area (Å²) in [6.45, 7) is 0.525. The lowest BCUT2D eigenvalue weighted by Gasteiger charge is -2.14. The molecular weight excluding hydrogens is 232 g/mol. The molecule has 0 aliphatic rings. The molecule has 13 heavy (non-hydrogen) atoms. The van der Waals surface area contributed by atoms with Crippen molar-refractivity contribution in [3.8, 4) is 0 Å². The molecule has 2 N–H and O–H groups in total. The van der Waals surface area contributed by atoms with Crippen LogP contribution in [0.15, 0.2) is 28.7 Å². The lowest BCUT2D eigenvalue weighted by molar-refractivity contribution is 0.216. The molecule has 0 spiro atoms. The number of primary amides is 1. The maximum Gasteiger partial charge on any atom is 0.314 e. The molecule has 1 aromatic carbocycles. The number of carbonyl (C=O) groups excluding carboxylic acids is 1. The van der Waals surface area contributed by atoms with Crippen LogP contribution in [0.2, 0.25) is 0 Å². The third kappa shape index (κ3) is 2.73. The molecule has 0 atom stereocenters. The number of urea groups is 1. The number of hydrogen-bond donors (Lipinski definition) is 1. The van der Waals surface area contributed by atoms with Gasteiger partial charge in [0.2, 0.25) is 0 Å². The second-order valence-corrected chi connectivity index (χ2v) is 3.64. The largest absolute Gasteiger partial charge is 0.351 e. The van der Waals surface area contributed by atoms with E-state index in [2.05, 4.69) is 15.9 Å². The van der Waals surface area contributed by atoms with E-state index in [4.69, 9.17) is 5.73 Å². The van der Waals surface area contributed by atoms with Crippen molar-refractivity contribution >= 4 is 22.0 Å². The summed E-state index contributed by atoms with van der Waals surface area (Å²) in [5.41, 5.74) is 6.15. The zero-order valence-electron chi connectivity index (χ0n) is 7.33. The number of hydrogen-bond acceptors (Lipinski definition) is 1. The van der Waals surface area contributed by atoms with Gasteiger partial charge in [-0.1, -0.05) is 34.1 Å². The van der Waals surface area contributed by atoms with E-state index in [0.29, 0.717) is 6.54 Å². The minimum absolute atomic E-state index is 0.421. The lowest BCUT2D eigenvalue weighted by atomic mass is 10.2. The molecule has 0 aliphatic carbocycles. The van der Waals surface area contributed by atoms with E-state index in [-0.39, 0.29) is 0 Å². The van der Waals surface area contributed by atoms with E-state index in [9.17, 15) is 4.79 Å². The number of amides is 2. The minimum Gasteiger partial charge on any atom is -0.351 e. The molecular formula is C9H11BrN2O. The van der Waals surface area contributed by atoms with E-state index >= 15 is 0 Å². The second-order valence-electron chi connectivity index (χ2n) is 2.79. The van der Waals surface area contributed by atoms with Crippen molar-refractivity contribution in [3.05, 3.63) is 34.3 Å². The van der Waals surface area contributed by atoms with E-state index in [0.717, 1.165) is 10.0 Å². The van der Waals surface area contributed by atoms with Crippen molar-refractivity contribution in [1.82, 2.24) is 4.90 Å². The second kappa shape index (κ2) is 4.28. The van der Waals surface area contributed by atoms with Crippen molar-refractivity contribution in [2.75, 3.05) is 7.05 Å². The zero-order valence-corrected chi connectivity index (χ0v) is 8.91. The van der Waals surface area contributed by atoms with E-state index in [1.54, 1.807) is 7.05 Å². The highest BCUT2D eigenvalue weighted by Crippen LogP contribution is 2.16. The summed E-state index contributed by atoms with van der Waals surface area (Å²) < 4.78 is 0.989. The van der Waals surface area contributed by atoms with Crippen molar-refractivity contribution in [3.63, 3.8) is 0 Å². The van der Waals surface area contributed by atoms with E-state index < -0.39 is 6.03 Å². The predicted octanol–water partition coefficient (Wildman–Crippen LogP) is 1.96. The van der Waals surface area contributed by atoms with Crippen molar-refractivity contribution < 1.29 is 4.79 Å². The molecule has 0 heterocycles. The van der Waals surface area contributed by atoms with Crippen LogP contribution in [-0.2, 0) is 6.54 Å². The number of nitrogens with two attached hydrogens (primary N) is 1. The topological polar surface area (TPSA) is 46.3 Å². The number of benzene rings is 1. The summed E-state index contributed by atoms with van der Waals surface area (Å²) in [5.74, 6) is 0. The van der Waals surface area contributed by atoms with Gasteiger partial charge in [0.1, 0.15) is 0 Å². The molecule has 0 radical (unpaired) electrons. The van der Waals surface area contributed by atoms with Gasteiger partial charge in [-0.25, -0.2) is 4.79 Å². The fourth-order valence-corrected chi connectivity index (χ4v) is 1.37. The van der Waals surface area contributed by atoms with Crippen molar-refractivity contribution in [2.45, 2.75) is 6.54 Å². The van der Waals surface area contributed by atoms with Crippen LogP contribution in [-0.4, -0.2) is 18.0 Å². The van der Waals surface area contributed by atoms with Crippen LogP contribution < -0.4 is 5.73 Å². The molecule has 0 aromatic heterocycles. The van der Waals surface area contributed by atoms with Crippen LogP contribution in [0.5, 0.6) is 0 Å². The van der Waals surface area contributed by atoms with Gasteiger partial charge < -0.3 is 10.6 Å². The monoisotopic (exact) mass is 242 g/mol. The lowest BCUT2D eigenvalue weighted by Crippen LogP contribution is -2.31. The molecule has 0 aliphatic heterocycles. The summed E-state index contributed by atoms with van der Waals surface area (Å²) in [4.78, 5) is 12.2. The van der Waals surface area contributed by atoms with Gasteiger partial charge in [-0.15, -0.1) is 0 Å². The van der Waals surface area contributed by atoms with Gasteiger partial charge in [-0.3, -0.25) is 0 Å². The fourth-order valence-electron chi connectivity index (χ4n) is 0.960. The molecule has 0 saturated heterocycles. The Balaban J connectivity index is 2.74. The number of nitrogens with zero attached hydrogens (tertiary/aromatic N) is 1. The van der Waals surface area contributed by atoms with Crippen LogP contribution in [0.3, 0.4) is 0 Å². The Labute approximate surface area is 85.7 Å². The van der Waals surface area contributed by atoms with Crippen LogP contribution >= 0.6 is 15.9 Å². The van der Waals surface area contributed by atoms with Crippen LogP contribution in [0.25, 0.3) is 0 Å². The van der Waals surface area contributed by atoms with Gasteiger partial charge in [0, 0.05) is 18.1 Å². The van der Waals surface area contributed by atoms with Gasteiger partial charge in [0.05, 0.1) is 0 Å². The highest BCUT2D eigenvalue weighted by Gasteiger charge is 2.05. The third-order valence-electron chi connectivity index (χ3n) is 1.74. The van der Waals surface area contributed by atoms with Crippen LogP contribution in [0, 0.1) is 0 Å². The number of carbonyl (C=O) groups is 1. The quantitative estimate of drug-likeness (QED) is 0.847. The first-order chi connectivity index (χ1) is 6.11. The maximum atomic E-state index is 10.7. The Bertz CT molecular complexity index is 314. The number of rotatable bonds is 2. The molecule has 4 heteroatoms. The third-order valence-corrected chi connectivity index (χ3v) is 2.52. The van der Waals surface area contributed by atoms with Gasteiger partial charge in [-0.2, -0.15) is 0 Å². The Hall–Kier alpha value is -1.03. The Kier molecular flexibility index (Phi) is 3.31. The normalized spacial score (nSPS) is 9.69. The summed E-state index contributed by atoms with van der Waals surface area (Å²) in [7, 11) is 1.67. The van der Waals surface area contributed by atoms with Crippen LogP contribution in [0.4, 0.5) is 4.79 Å². The first-order valence-corrected chi connectivity index (χ1v) is 4.64. The van der Waals surface area contributed by atoms with Crippen LogP contribution in [0.1, 0.15) is 5.56 Å². The average molecular weight is 243 g/mol. The highest BCUT2D eigenvalue weighted by atomic mass is 79.9. The molecule has 1 rings (SSSR count). The van der Waals surface area contributed by atoms with Crippen molar-refractivity contribution in [2.24, 2.45) is 5.73 Å². The molecule has 1 aromatic rings. The van der Waals surface area contributed by atoms with Gasteiger partial charge in [0.25, 0.3) is 0 Å². The van der Waals surface area contributed by atoms with E-state index in [1.165, 1.54) is 4.90 Å². The Morgan fingerprint density at radius 1 is 1.54 bits per heavy atom.